The minimum Gasteiger partial charge on any atom is -0.507 e. The number of aromatic hydroxyl groups is 1. The largest absolute Gasteiger partial charge is 0.507 e. The smallest absolute Gasteiger partial charge is 0.339 e. The molecular formula is C9H7NO3. The van der Waals surface area contributed by atoms with Crippen LogP contribution >= 0.6 is 0 Å². The lowest BCUT2D eigenvalue weighted by molar-refractivity contribution is 0.0693. The van der Waals surface area contributed by atoms with Crippen LogP contribution in [0.5, 0.6) is 5.75 Å². The van der Waals surface area contributed by atoms with Crippen LogP contribution in [0.1, 0.15) is 21.5 Å². The molecule has 0 radical (unpaired) electrons. The Hall–Kier alpha value is -2.02. The fourth-order valence-electron chi connectivity index (χ4n) is 0.994. The molecule has 0 unspecified atom stereocenters. The van der Waals surface area contributed by atoms with E-state index in [1.807, 2.05) is 6.07 Å². The molecule has 0 bridgehead atoms. The van der Waals surface area contributed by atoms with Gasteiger partial charge in [0.15, 0.2) is 0 Å². The Bertz CT molecular complexity index is 404. The standard InChI is InChI=1S/C9H7NO3/c1-5-6(4-10)2-3-7(8(5)11)9(12)13/h2-3,11H,1H3,(H,12,13). The summed E-state index contributed by atoms with van der Waals surface area (Å²) < 4.78 is 0. The van der Waals surface area contributed by atoms with Crippen molar-refractivity contribution in [3.8, 4) is 11.8 Å². The first-order chi connectivity index (χ1) is 6.07. The van der Waals surface area contributed by atoms with E-state index >= 15 is 0 Å². The van der Waals surface area contributed by atoms with Gasteiger partial charge in [-0.1, -0.05) is 0 Å². The van der Waals surface area contributed by atoms with Gasteiger partial charge >= 0.3 is 5.97 Å². The number of carbonyl (C=O) groups is 1. The number of nitrogens with zero attached hydrogens (tertiary/aromatic N) is 1. The molecule has 66 valence electrons. The first kappa shape index (κ1) is 9.07. The molecule has 0 spiro atoms. The zero-order valence-corrected chi connectivity index (χ0v) is 6.90. The van der Waals surface area contributed by atoms with Crippen LogP contribution in [0.15, 0.2) is 12.1 Å². The Balaban J connectivity index is 3.42. The maximum Gasteiger partial charge on any atom is 0.339 e. The molecule has 0 saturated carbocycles. The molecule has 0 heterocycles. The number of nitriles is 1. The molecule has 0 fully saturated rings. The molecule has 0 aromatic heterocycles. The van der Waals surface area contributed by atoms with Crippen LogP contribution < -0.4 is 0 Å². The fourth-order valence-corrected chi connectivity index (χ4v) is 0.994. The summed E-state index contributed by atoms with van der Waals surface area (Å²) in [5.74, 6) is -1.54. The van der Waals surface area contributed by atoms with E-state index < -0.39 is 5.97 Å². The first-order valence-electron chi connectivity index (χ1n) is 3.54. The van der Waals surface area contributed by atoms with Gasteiger partial charge in [0.1, 0.15) is 11.3 Å². The van der Waals surface area contributed by atoms with Gasteiger partial charge in [-0.3, -0.25) is 0 Å². The normalized spacial score (nSPS) is 9.23. The molecule has 4 nitrogen and oxygen atoms in total. The van der Waals surface area contributed by atoms with Crippen molar-refractivity contribution in [2.45, 2.75) is 6.92 Å². The maximum absolute atomic E-state index is 10.5. The predicted octanol–water partition coefficient (Wildman–Crippen LogP) is 1.27. The van der Waals surface area contributed by atoms with Crippen LogP contribution in [0.3, 0.4) is 0 Å². The molecule has 0 saturated heterocycles. The van der Waals surface area contributed by atoms with E-state index in [-0.39, 0.29) is 16.9 Å². The Labute approximate surface area is 74.7 Å². The SMILES string of the molecule is Cc1c(C#N)ccc(C(=O)O)c1O. The lowest BCUT2D eigenvalue weighted by Gasteiger charge is -2.03. The lowest BCUT2D eigenvalue weighted by Crippen LogP contribution is -1.98. The number of hydrogen-bond acceptors (Lipinski definition) is 3. The second kappa shape index (κ2) is 3.15. The van der Waals surface area contributed by atoms with Gasteiger partial charge in [0.25, 0.3) is 0 Å². The van der Waals surface area contributed by atoms with Gasteiger partial charge in [-0.2, -0.15) is 5.26 Å². The molecule has 0 atom stereocenters. The summed E-state index contributed by atoms with van der Waals surface area (Å²) in [5, 5.41) is 26.5. The minimum atomic E-state index is -1.20. The zero-order chi connectivity index (χ0) is 10.0. The van der Waals surface area contributed by atoms with Crippen molar-refractivity contribution < 1.29 is 15.0 Å². The van der Waals surface area contributed by atoms with E-state index in [9.17, 15) is 9.90 Å². The Morgan fingerprint density at radius 1 is 1.54 bits per heavy atom. The Morgan fingerprint density at radius 3 is 2.62 bits per heavy atom. The highest BCUT2D eigenvalue weighted by Gasteiger charge is 2.13. The summed E-state index contributed by atoms with van der Waals surface area (Å²) in [7, 11) is 0. The minimum absolute atomic E-state index is 0.184. The number of carboxylic acid groups (broad SMARTS) is 1. The first-order valence-corrected chi connectivity index (χ1v) is 3.54. The molecule has 0 aliphatic heterocycles. The van der Waals surface area contributed by atoms with Crippen molar-refractivity contribution in [2.75, 3.05) is 0 Å². The maximum atomic E-state index is 10.5. The molecule has 0 amide bonds. The van der Waals surface area contributed by atoms with E-state index in [0.29, 0.717) is 5.56 Å². The number of rotatable bonds is 1. The molecule has 1 rings (SSSR count). The van der Waals surface area contributed by atoms with Crippen LogP contribution in [0.2, 0.25) is 0 Å². The summed E-state index contributed by atoms with van der Waals surface area (Å²) in [6.07, 6.45) is 0. The third kappa shape index (κ3) is 1.44. The van der Waals surface area contributed by atoms with Crippen molar-refractivity contribution in [1.29, 1.82) is 5.26 Å². The van der Waals surface area contributed by atoms with Crippen LogP contribution in [0.4, 0.5) is 0 Å². The summed E-state index contributed by atoms with van der Waals surface area (Å²) in [4.78, 5) is 10.5. The highest BCUT2D eigenvalue weighted by atomic mass is 16.4. The molecule has 1 aromatic rings. The number of aromatic carboxylic acids is 1. The van der Waals surface area contributed by atoms with Gasteiger partial charge in [-0.15, -0.1) is 0 Å². The van der Waals surface area contributed by atoms with Crippen molar-refractivity contribution in [1.82, 2.24) is 0 Å². The topological polar surface area (TPSA) is 81.3 Å². The molecule has 13 heavy (non-hydrogen) atoms. The zero-order valence-electron chi connectivity index (χ0n) is 6.90. The molecule has 0 aliphatic carbocycles. The van der Waals surface area contributed by atoms with Crippen LogP contribution in [0.25, 0.3) is 0 Å². The van der Waals surface area contributed by atoms with Gasteiger partial charge in [0.2, 0.25) is 0 Å². The van der Waals surface area contributed by atoms with Crippen LogP contribution in [-0.2, 0) is 0 Å². The Morgan fingerprint density at radius 2 is 2.15 bits per heavy atom. The van der Waals surface area contributed by atoms with Crippen molar-refractivity contribution in [2.24, 2.45) is 0 Å². The molecule has 2 N–H and O–H groups in total. The van der Waals surface area contributed by atoms with Gasteiger partial charge in [0, 0.05) is 5.56 Å². The summed E-state index contributed by atoms with van der Waals surface area (Å²) in [5.41, 5.74) is 0.390. The van der Waals surface area contributed by atoms with Gasteiger partial charge < -0.3 is 10.2 Å². The average molecular weight is 177 g/mol. The molecule has 0 aliphatic rings. The van der Waals surface area contributed by atoms with Crippen molar-refractivity contribution in [3.63, 3.8) is 0 Å². The Kier molecular flexibility index (Phi) is 2.20. The number of hydrogen-bond donors (Lipinski definition) is 2. The predicted molar refractivity (Wildman–Crippen MR) is 44.5 cm³/mol. The molecular weight excluding hydrogens is 170 g/mol. The van der Waals surface area contributed by atoms with Gasteiger partial charge in [-0.05, 0) is 19.1 Å². The quantitative estimate of drug-likeness (QED) is 0.676. The lowest BCUT2D eigenvalue weighted by atomic mass is 10.0. The number of carboxylic acids is 1. The highest BCUT2D eigenvalue weighted by molar-refractivity contribution is 5.91. The van der Waals surface area contributed by atoms with Crippen molar-refractivity contribution >= 4 is 5.97 Å². The van der Waals surface area contributed by atoms with E-state index in [1.54, 1.807) is 0 Å². The highest BCUT2D eigenvalue weighted by Crippen LogP contribution is 2.24. The third-order valence-corrected chi connectivity index (χ3v) is 1.78. The fraction of sp³-hybridized carbons (Fsp3) is 0.111. The van der Waals surface area contributed by atoms with Gasteiger partial charge in [0.05, 0.1) is 11.6 Å². The van der Waals surface area contributed by atoms with Crippen LogP contribution in [-0.4, -0.2) is 16.2 Å². The van der Waals surface area contributed by atoms with Crippen LogP contribution in [0, 0.1) is 18.3 Å². The second-order valence-electron chi connectivity index (χ2n) is 2.55. The summed E-state index contributed by atoms with van der Waals surface area (Å²) in [6.45, 7) is 1.50. The average Bonchev–Trinajstić information content (AvgIpc) is 2.09. The molecule has 1 aromatic carbocycles. The monoisotopic (exact) mass is 177 g/mol. The van der Waals surface area contributed by atoms with E-state index in [2.05, 4.69) is 0 Å². The summed E-state index contributed by atoms with van der Waals surface area (Å²) >= 11 is 0. The van der Waals surface area contributed by atoms with Crippen molar-refractivity contribution in [3.05, 3.63) is 28.8 Å². The van der Waals surface area contributed by atoms with E-state index in [1.165, 1.54) is 19.1 Å². The second-order valence-corrected chi connectivity index (χ2v) is 2.55. The van der Waals surface area contributed by atoms with Gasteiger partial charge in [-0.25, -0.2) is 4.79 Å². The summed E-state index contributed by atoms with van der Waals surface area (Å²) in [6, 6.07) is 4.43. The third-order valence-electron chi connectivity index (χ3n) is 1.78. The van der Waals surface area contributed by atoms with E-state index in [0.717, 1.165) is 0 Å². The number of benzene rings is 1. The van der Waals surface area contributed by atoms with E-state index in [4.69, 9.17) is 10.4 Å². The molecule has 4 heteroatoms. The number of phenols is 1.